The summed E-state index contributed by atoms with van der Waals surface area (Å²) in [5, 5.41) is 11.1. The molecule has 2 aromatic heterocycles. The van der Waals surface area contributed by atoms with E-state index < -0.39 is 18.0 Å². The van der Waals surface area contributed by atoms with E-state index in [4.69, 9.17) is 11.6 Å². The van der Waals surface area contributed by atoms with Gasteiger partial charge in [-0.2, -0.15) is 13.2 Å². The molecule has 0 aliphatic heterocycles. The lowest BCUT2D eigenvalue weighted by Crippen LogP contribution is -2.10. The molecule has 0 saturated carbocycles. The maximum atomic E-state index is 12.4. The van der Waals surface area contributed by atoms with Gasteiger partial charge in [0.2, 0.25) is 0 Å². The van der Waals surface area contributed by atoms with E-state index in [1.54, 1.807) is 5.38 Å². The highest BCUT2D eigenvalue weighted by Gasteiger charge is 2.33. The van der Waals surface area contributed by atoms with Gasteiger partial charge in [0, 0.05) is 10.9 Å². The van der Waals surface area contributed by atoms with Crippen LogP contribution in [0.2, 0.25) is 5.15 Å². The smallest absolute Gasteiger partial charge is 0.382 e. The molecule has 18 heavy (non-hydrogen) atoms. The average Bonchev–Trinajstić information content (AvgIpc) is 2.80. The molecule has 0 bridgehead atoms. The van der Waals surface area contributed by atoms with Crippen molar-refractivity contribution in [3.8, 4) is 0 Å². The molecule has 1 atom stereocenters. The first kappa shape index (κ1) is 13.3. The zero-order chi connectivity index (χ0) is 13.3. The number of pyridine rings is 1. The molecular weight excluding hydrogens is 289 g/mol. The molecule has 2 rings (SSSR count). The van der Waals surface area contributed by atoms with Gasteiger partial charge in [-0.25, -0.2) is 9.97 Å². The van der Waals surface area contributed by atoms with Gasteiger partial charge < -0.3 is 5.11 Å². The number of aromatic nitrogens is 2. The Bertz CT molecular complexity index is 545. The molecule has 0 radical (unpaired) electrons. The normalized spacial score (nSPS) is 13.6. The summed E-state index contributed by atoms with van der Waals surface area (Å²) < 4.78 is 37.1. The van der Waals surface area contributed by atoms with Crippen molar-refractivity contribution in [1.82, 2.24) is 9.97 Å². The third kappa shape index (κ3) is 2.63. The summed E-state index contributed by atoms with van der Waals surface area (Å²) in [6, 6.07) is 1.87. The van der Waals surface area contributed by atoms with Crippen molar-refractivity contribution in [2.75, 3.05) is 0 Å². The van der Waals surface area contributed by atoms with Crippen molar-refractivity contribution in [3.63, 3.8) is 0 Å². The van der Waals surface area contributed by atoms with Gasteiger partial charge in [-0.1, -0.05) is 17.7 Å². The number of aliphatic hydroxyl groups excluding tert-OH is 1. The Morgan fingerprint density at radius 2 is 2.06 bits per heavy atom. The van der Waals surface area contributed by atoms with E-state index in [-0.39, 0.29) is 10.7 Å². The summed E-state index contributed by atoms with van der Waals surface area (Å²) in [6.45, 7) is 0. The van der Waals surface area contributed by atoms with Crippen LogP contribution in [-0.2, 0) is 6.18 Å². The first-order chi connectivity index (χ1) is 8.39. The third-order valence-electron chi connectivity index (χ3n) is 2.19. The fraction of sp³-hybridized carbons (Fsp3) is 0.200. The zero-order valence-corrected chi connectivity index (χ0v) is 10.2. The summed E-state index contributed by atoms with van der Waals surface area (Å²) in [4.78, 5) is 7.10. The molecule has 3 nitrogen and oxygen atoms in total. The Kier molecular flexibility index (Phi) is 3.56. The van der Waals surface area contributed by atoms with Crippen LogP contribution in [0.3, 0.4) is 0 Å². The highest BCUT2D eigenvalue weighted by Crippen LogP contribution is 2.32. The zero-order valence-electron chi connectivity index (χ0n) is 8.65. The van der Waals surface area contributed by atoms with Gasteiger partial charge in [0.25, 0.3) is 0 Å². The first-order valence-electron chi connectivity index (χ1n) is 4.69. The van der Waals surface area contributed by atoms with Crippen molar-refractivity contribution >= 4 is 22.9 Å². The number of rotatable bonds is 2. The highest BCUT2D eigenvalue weighted by molar-refractivity contribution is 7.07. The maximum absolute atomic E-state index is 12.4. The highest BCUT2D eigenvalue weighted by atomic mass is 35.5. The van der Waals surface area contributed by atoms with Crippen LogP contribution in [0.25, 0.3) is 0 Å². The van der Waals surface area contributed by atoms with E-state index in [0.717, 1.165) is 12.1 Å². The fourth-order valence-electron chi connectivity index (χ4n) is 1.32. The van der Waals surface area contributed by atoms with Crippen LogP contribution >= 0.6 is 22.9 Å². The predicted octanol–water partition coefficient (Wildman–Crippen LogP) is 3.29. The number of thiazole rings is 1. The van der Waals surface area contributed by atoms with Crippen LogP contribution in [0.5, 0.6) is 0 Å². The van der Waals surface area contributed by atoms with E-state index >= 15 is 0 Å². The Morgan fingerprint density at radius 3 is 2.56 bits per heavy atom. The van der Waals surface area contributed by atoms with E-state index in [0.29, 0.717) is 5.69 Å². The molecule has 0 spiro atoms. The van der Waals surface area contributed by atoms with Gasteiger partial charge in [-0.3, -0.25) is 0 Å². The monoisotopic (exact) mass is 294 g/mol. The lowest BCUT2D eigenvalue weighted by atomic mass is 10.1. The van der Waals surface area contributed by atoms with E-state index in [1.165, 1.54) is 16.8 Å². The Morgan fingerprint density at radius 1 is 1.33 bits per heavy atom. The number of halogens is 4. The third-order valence-corrected chi connectivity index (χ3v) is 3.10. The van der Waals surface area contributed by atoms with Gasteiger partial charge in [-0.05, 0) is 6.07 Å². The van der Waals surface area contributed by atoms with Gasteiger partial charge in [0.05, 0.1) is 11.2 Å². The second kappa shape index (κ2) is 4.83. The van der Waals surface area contributed by atoms with Gasteiger partial charge in [-0.15, -0.1) is 11.3 Å². The SMILES string of the molecule is OC(c1cscn1)c1ccc(C(F)(F)F)nc1Cl. The number of hydrogen-bond donors (Lipinski definition) is 1. The molecule has 0 amide bonds. The van der Waals surface area contributed by atoms with Crippen molar-refractivity contribution in [1.29, 1.82) is 0 Å². The van der Waals surface area contributed by atoms with Crippen LogP contribution < -0.4 is 0 Å². The number of hydrogen-bond acceptors (Lipinski definition) is 4. The molecule has 0 saturated heterocycles. The summed E-state index contributed by atoms with van der Waals surface area (Å²) in [5.74, 6) is 0. The second-order valence-corrected chi connectivity index (χ2v) is 4.47. The lowest BCUT2D eigenvalue weighted by molar-refractivity contribution is -0.141. The average molecular weight is 295 g/mol. The second-order valence-electron chi connectivity index (χ2n) is 3.39. The fourth-order valence-corrected chi connectivity index (χ4v) is 2.15. The maximum Gasteiger partial charge on any atom is 0.433 e. The summed E-state index contributed by atoms with van der Waals surface area (Å²) >= 11 is 6.91. The largest absolute Gasteiger partial charge is 0.433 e. The van der Waals surface area contributed by atoms with Crippen molar-refractivity contribution in [2.45, 2.75) is 12.3 Å². The van der Waals surface area contributed by atoms with Crippen LogP contribution in [0.15, 0.2) is 23.0 Å². The molecule has 1 unspecified atom stereocenters. The van der Waals surface area contributed by atoms with Crippen molar-refractivity contribution in [3.05, 3.63) is 45.1 Å². The summed E-state index contributed by atoms with van der Waals surface area (Å²) in [5.41, 5.74) is 0.824. The molecule has 96 valence electrons. The van der Waals surface area contributed by atoms with E-state index in [9.17, 15) is 18.3 Å². The number of nitrogens with zero attached hydrogens (tertiary/aromatic N) is 2. The van der Waals surface area contributed by atoms with Crippen LogP contribution in [-0.4, -0.2) is 15.1 Å². The van der Waals surface area contributed by atoms with E-state index in [1.807, 2.05) is 0 Å². The van der Waals surface area contributed by atoms with Crippen LogP contribution in [0.1, 0.15) is 23.1 Å². The summed E-state index contributed by atoms with van der Waals surface area (Å²) in [7, 11) is 0. The summed E-state index contributed by atoms with van der Waals surface area (Å²) in [6.07, 6.45) is -5.74. The molecular formula is C10H6ClF3N2OS. The Labute approximate surface area is 109 Å². The molecule has 0 fully saturated rings. The van der Waals surface area contributed by atoms with Crippen molar-refractivity contribution in [2.24, 2.45) is 0 Å². The standard InChI is InChI=1S/C10H6ClF3N2OS/c11-9-5(8(17)6-3-18-4-15-6)1-2-7(16-9)10(12,13)14/h1-4,8,17H. The van der Waals surface area contributed by atoms with Gasteiger partial charge >= 0.3 is 6.18 Å². The van der Waals surface area contributed by atoms with Crippen LogP contribution in [0, 0.1) is 0 Å². The molecule has 1 N–H and O–H groups in total. The molecule has 0 aliphatic rings. The minimum atomic E-state index is -4.56. The van der Waals surface area contributed by atoms with Gasteiger partial charge in [0.15, 0.2) is 0 Å². The predicted molar refractivity (Wildman–Crippen MR) is 60.4 cm³/mol. The van der Waals surface area contributed by atoms with Crippen molar-refractivity contribution < 1.29 is 18.3 Å². The molecule has 0 aliphatic carbocycles. The topological polar surface area (TPSA) is 46.0 Å². The molecule has 2 heterocycles. The first-order valence-corrected chi connectivity index (χ1v) is 6.01. The molecule has 8 heteroatoms. The Hall–Kier alpha value is -1.18. The quantitative estimate of drug-likeness (QED) is 0.865. The number of aliphatic hydroxyl groups is 1. The minimum absolute atomic E-state index is 0.0931. The van der Waals surface area contributed by atoms with E-state index in [2.05, 4.69) is 9.97 Å². The molecule has 0 aromatic carbocycles. The van der Waals surface area contributed by atoms with Crippen LogP contribution in [0.4, 0.5) is 13.2 Å². The Balaban J connectivity index is 2.36. The van der Waals surface area contributed by atoms with Gasteiger partial charge in [0.1, 0.15) is 17.0 Å². The minimum Gasteiger partial charge on any atom is -0.382 e. The lowest BCUT2D eigenvalue weighted by Gasteiger charge is -2.12. The number of alkyl halides is 3. The molecule has 2 aromatic rings.